The lowest BCUT2D eigenvalue weighted by Gasteiger charge is -2.02. The van der Waals surface area contributed by atoms with Crippen LogP contribution >= 0.6 is 35.3 Å². The molecular weight excluding hydrogens is 348 g/mol. The summed E-state index contributed by atoms with van der Waals surface area (Å²) >= 11 is 8.53. The molecule has 0 saturated heterocycles. The van der Waals surface area contributed by atoms with E-state index in [1.807, 2.05) is 35.0 Å². The topological polar surface area (TPSA) is 61.4 Å². The van der Waals surface area contributed by atoms with Gasteiger partial charge in [-0.1, -0.05) is 54.6 Å². The number of hydrogen-bond acceptors (Lipinski definition) is 7. The van der Waals surface area contributed by atoms with E-state index in [4.69, 9.17) is 12.2 Å². The predicted octanol–water partition coefficient (Wildman–Crippen LogP) is 3.74. The summed E-state index contributed by atoms with van der Waals surface area (Å²) in [5, 5.41) is 16.5. The highest BCUT2D eigenvalue weighted by molar-refractivity contribution is 8.00. The molecule has 0 spiro atoms. The van der Waals surface area contributed by atoms with Crippen molar-refractivity contribution in [3.05, 3.63) is 40.1 Å². The van der Waals surface area contributed by atoms with Crippen LogP contribution in [-0.2, 0) is 12.3 Å². The molecule has 0 saturated carbocycles. The molecule has 120 valence electrons. The minimum atomic E-state index is 0.688. The molecule has 3 rings (SSSR count). The Hall–Kier alpha value is -1.58. The smallest absolute Gasteiger partial charge is 0.184 e. The highest BCUT2D eigenvalue weighted by Gasteiger charge is 2.10. The maximum atomic E-state index is 5.41. The highest BCUT2D eigenvalue weighted by Crippen LogP contribution is 2.26. The number of thioether (sulfide) groups is 1. The first-order valence-electron chi connectivity index (χ1n) is 7.31. The van der Waals surface area contributed by atoms with Crippen molar-refractivity contribution in [3.8, 4) is 5.69 Å². The number of unbranched alkanes of at least 4 members (excludes halogenated alkanes) is 1. The number of tetrazole rings is 1. The molecule has 0 aliphatic rings. The van der Waals surface area contributed by atoms with E-state index in [0.717, 1.165) is 39.2 Å². The van der Waals surface area contributed by atoms with Crippen LogP contribution in [0.15, 0.2) is 34.7 Å². The molecule has 2 aromatic heterocycles. The SMILES string of the molecule is CCCCn1nnnc1CSc1nn(-c2ccccc2)c(=S)s1. The van der Waals surface area contributed by atoms with Crippen LogP contribution in [0, 0.1) is 3.95 Å². The summed E-state index contributed by atoms with van der Waals surface area (Å²) in [6, 6.07) is 9.92. The molecular formula is C14H16N6S3. The molecule has 0 aliphatic heterocycles. The van der Waals surface area contributed by atoms with Crippen molar-refractivity contribution in [2.45, 2.75) is 36.4 Å². The second kappa shape index (κ2) is 7.80. The van der Waals surface area contributed by atoms with E-state index in [1.54, 1.807) is 16.4 Å². The Balaban J connectivity index is 1.70. The predicted molar refractivity (Wildman–Crippen MR) is 94.6 cm³/mol. The van der Waals surface area contributed by atoms with Crippen LogP contribution in [0.25, 0.3) is 5.69 Å². The molecule has 0 N–H and O–H groups in total. The van der Waals surface area contributed by atoms with Gasteiger partial charge in [0.2, 0.25) is 0 Å². The molecule has 23 heavy (non-hydrogen) atoms. The second-order valence-corrected chi connectivity index (χ2v) is 7.69. The first kappa shape index (κ1) is 16.3. The maximum Gasteiger partial charge on any atom is 0.184 e. The first-order valence-corrected chi connectivity index (χ1v) is 9.52. The standard InChI is InChI=1S/C14H16N6S3/c1-2-3-9-19-12(15-17-18-19)10-22-13-16-20(14(21)23-13)11-7-5-4-6-8-11/h4-8H,2-3,9-10H2,1H3. The number of para-hydroxylation sites is 1. The summed E-state index contributed by atoms with van der Waals surface area (Å²) in [5.41, 5.74) is 0.980. The van der Waals surface area contributed by atoms with Gasteiger partial charge in [-0.2, -0.15) is 0 Å². The lowest BCUT2D eigenvalue weighted by Crippen LogP contribution is -2.05. The maximum absolute atomic E-state index is 5.41. The van der Waals surface area contributed by atoms with Gasteiger partial charge in [0.05, 0.1) is 11.4 Å². The number of nitrogens with zero attached hydrogens (tertiary/aromatic N) is 6. The summed E-state index contributed by atoms with van der Waals surface area (Å²) < 4.78 is 5.32. The third kappa shape index (κ3) is 4.04. The summed E-state index contributed by atoms with van der Waals surface area (Å²) in [7, 11) is 0. The minimum absolute atomic E-state index is 0.688. The number of benzene rings is 1. The first-order chi connectivity index (χ1) is 11.3. The number of aromatic nitrogens is 6. The average Bonchev–Trinajstić information content (AvgIpc) is 3.18. The number of hydrogen-bond donors (Lipinski definition) is 0. The van der Waals surface area contributed by atoms with Gasteiger partial charge in [-0.05, 0) is 41.2 Å². The zero-order valence-corrected chi connectivity index (χ0v) is 15.1. The molecule has 0 bridgehead atoms. The van der Waals surface area contributed by atoms with Gasteiger partial charge in [0.25, 0.3) is 0 Å². The van der Waals surface area contributed by atoms with Crippen LogP contribution in [0.5, 0.6) is 0 Å². The van der Waals surface area contributed by atoms with Gasteiger partial charge in [-0.3, -0.25) is 0 Å². The van der Waals surface area contributed by atoms with Crippen molar-refractivity contribution in [1.29, 1.82) is 0 Å². The normalized spacial score (nSPS) is 11.0. The van der Waals surface area contributed by atoms with E-state index in [-0.39, 0.29) is 0 Å². The Labute approximate surface area is 147 Å². The zero-order chi connectivity index (χ0) is 16.1. The van der Waals surface area contributed by atoms with E-state index < -0.39 is 0 Å². The molecule has 9 heteroatoms. The van der Waals surface area contributed by atoms with Crippen LogP contribution in [0.1, 0.15) is 25.6 Å². The number of rotatable bonds is 7. The summed E-state index contributed by atoms with van der Waals surface area (Å²) in [6.07, 6.45) is 2.19. The molecule has 0 amide bonds. The van der Waals surface area contributed by atoms with Gasteiger partial charge in [0.15, 0.2) is 14.1 Å². The molecule has 0 atom stereocenters. The fourth-order valence-electron chi connectivity index (χ4n) is 1.99. The fourth-order valence-corrected chi connectivity index (χ4v) is 4.28. The van der Waals surface area contributed by atoms with Crippen LogP contribution < -0.4 is 0 Å². The van der Waals surface area contributed by atoms with Gasteiger partial charge in [0.1, 0.15) is 0 Å². The Morgan fingerprint density at radius 2 is 2.09 bits per heavy atom. The Kier molecular flexibility index (Phi) is 5.52. The van der Waals surface area contributed by atoms with Crippen LogP contribution in [0.4, 0.5) is 0 Å². The average molecular weight is 365 g/mol. The number of aryl methyl sites for hydroxylation is 1. The Morgan fingerprint density at radius 3 is 2.87 bits per heavy atom. The molecule has 0 unspecified atom stereocenters. The van der Waals surface area contributed by atoms with Crippen molar-refractivity contribution in [2.24, 2.45) is 0 Å². The quantitative estimate of drug-likeness (QED) is 0.470. The Morgan fingerprint density at radius 1 is 1.26 bits per heavy atom. The Bertz CT molecular complexity index is 807. The molecule has 1 aromatic carbocycles. The van der Waals surface area contributed by atoms with Crippen molar-refractivity contribution in [1.82, 2.24) is 30.0 Å². The molecule has 2 heterocycles. The minimum Gasteiger partial charge on any atom is -0.229 e. The second-order valence-electron chi connectivity index (χ2n) is 4.84. The lowest BCUT2D eigenvalue weighted by molar-refractivity contribution is 0.540. The van der Waals surface area contributed by atoms with E-state index in [9.17, 15) is 0 Å². The zero-order valence-electron chi connectivity index (χ0n) is 12.6. The molecule has 0 fully saturated rings. The van der Waals surface area contributed by atoms with E-state index in [1.165, 1.54) is 11.3 Å². The van der Waals surface area contributed by atoms with Crippen molar-refractivity contribution in [2.75, 3.05) is 0 Å². The molecule has 6 nitrogen and oxygen atoms in total. The molecule has 3 aromatic rings. The third-order valence-corrected chi connectivity index (χ3v) is 5.55. The van der Waals surface area contributed by atoms with Crippen LogP contribution in [-0.4, -0.2) is 30.0 Å². The van der Waals surface area contributed by atoms with Crippen LogP contribution in [0.3, 0.4) is 0 Å². The van der Waals surface area contributed by atoms with Crippen LogP contribution in [0.2, 0.25) is 0 Å². The van der Waals surface area contributed by atoms with Gasteiger partial charge >= 0.3 is 0 Å². The summed E-state index contributed by atoms with van der Waals surface area (Å²) in [6.45, 7) is 3.01. The van der Waals surface area contributed by atoms with Gasteiger partial charge < -0.3 is 0 Å². The summed E-state index contributed by atoms with van der Waals surface area (Å²) in [4.78, 5) is 0. The van der Waals surface area contributed by atoms with Crippen molar-refractivity contribution in [3.63, 3.8) is 0 Å². The van der Waals surface area contributed by atoms with Crippen molar-refractivity contribution >= 4 is 35.3 Å². The monoisotopic (exact) mass is 364 g/mol. The van der Waals surface area contributed by atoms with E-state index in [0.29, 0.717) is 5.75 Å². The molecule has 0 aliphatic carbocycles. The third-order valence-electron chi connectivity index (χ3n) is 3.18. The van der Waals surface area contributed by atoms with Gasteiger partial charge in [-0.25, -0.2) is 9.36 Å². The molecule has 0 radical (unpaired) electrons. The largest absolute Gasteiger partial charge is 0.229 e. The lowest BCUT2D eigenvalue weighted by atomic mass is 10.3. The van der Waals surface area contributed by atoms with E-state index >= 15 is 0 Å². The van der Waals surface area contributed by atoms with Crippen molar-refractivity contribution < 1.29 is 0 Å². The van der Waals surface area contributed by atoms with E-state index in [2.05, 4.69) is 27.5 Å². The summed E-state index contributed by atoms with van der Waals surface area (Å²) in [5.74, 6) is 1.56. The van der Waals surface area contributed by atoms with Gasteiger partial charge in [-0.15, -0.1) is 10.2 Å². The van der Waals surface area contributed by atoms with Gasteiger partial charge in [0, 0.05) is 6.54 Å². The fraction of sp³-hybridized carbons (Fsp3) is 0.357. The highest BCUT2D eigenvalue weighted by atomic mass is 32.2.